The smallest absolute Gasteiger partial charge is 0.0476 e. The predicted octanol–water partition coefficient (Wildman–Crippen LogP) is 3.10. The van der Waals surface area contributed by atoms with E-state index in [-0.39, 0.29) is 0 Å². The molecule has 0 radical (unpaired) electrons. The highest BCUT2D eigenvalue weighted by Gasteiger charge is 2.17. The molecule has 0 spiro atoms. The van der Waals surface area contributed by atoms with Crippen molar-refractivity contribution in [3.63, 3.8) is 0 Å². The third-order valence-electron chi connectivity index (χ3n) is 2.89. The van der Waals surface area contributed by atoms with Gasteiger partial charge in [0.25, 0.3) is 0 Å². The Kier molecular flexibility index (Phi) is 6.38. The van der Waals surface area contributed by atoms with Crippen molar-refractivity contribution in [3.8, 4) is 0 Å². The van der Waals surface area contributed by atoms with Gasteiger partial charge in [0.05, 0.1) is 0 Å². The Morgan fingerprint density at radius 3 is 2.50 bits per heavy atom. The molecule has 1 nitrogen and oxygen atoms in total. The van der Waals surface area contributed by atoms with Gasteiger partial charge in [0.1, 0.15) is 0 Å². The number of hydrogen-bond donors (Lipinski definition) is 1. The summed E-state index contributed by atoms with van der Waals surface area (Å²) in [5.74, 6) is 3.82. The van der Waals surface area contributed by atoms with Gasteiger partial charge in [-0.25, -0.2) is 0 Å². The van der Waals surface area contributed by atoms with E-state index in [4.69, 9.17) is 4.74 Å². The Balaban J connectivity index is 2.16. The van der Waals surface area contributed by atoms with Crippen molar-refractivity contribution in [3.05, 3.63) is 0 Å². The Morgan fingerprint density at radius 2 is 2.00 bits per heavy atom. The van der Waals surface area contributed by atoms with Crippen LogP contribution < -0.4 is 0 Å². The van der Waals surface area contributed by atoms with Gasteiger partial charge < -0.3 is 4.74 Å². The van der Waals surface area contributed by atoms with Crippen LogP contribution in [0.15, 0.2) is 0 Å². The first-order valence-corrected chi connectivity index (χ1v) is 7.22. The van der Waals surface area contributed by atoms with Gasteiger partial charge in [-0.1, -0.05) is 13.8 Å². The molecule has 14 heavy (non-hydrogen) atoms. The second-order valence-electron chi connectivity index (χ2n) is 4.33. The summed E-state index contributed by atoms with van der Waals surface area (Å²) in [5.41, 5.74) is 0. The van der Waals surface area contributed by atoms with Crippen molar-refractivity contribution >= 4 is 24.4 Å². The van der Waals surface area contributed by atoms with Crippen LogP contribution >= 0.6 is 24.4 Å². The summed E-state index contributed by atoms with van der Waals surface area (Å²) in [6.07, 6.45) is 2.48. The summed E-state index contributed by atoms with van der Waals surface area (Å²) in [4.78, 5) is 0. The zero-order valence-electron chi connectivity index (χ0n) is 9.24. The highest BCUT2D eigenvalue weighted by molar-refractivity contribution is 7.99. The number of rotatable bonds is 5. The van der Waals surface area contributed by atoms with Gasteiger partial charge >= 0.3 is 0 Å². The van der Waals surface area contributed by atoms with Crippen molar-refractivity contribution in [2.75, 3.05) is 24.7 Å². The lowest BCUT2D eigenvalue weighted by atomic mass is 10.0. The lowest BCUT2D eigenvalue weighted by Crippen LogP contribution is -2.21. The normalized spacial score (nSPS) is 21.4. The average Bonchev–Trinajstić information content (AvgIpc) is 2.20. The lowest BCUT2D eigenvalue weighted by molar-refractivity contribution is 0.1000. The lowest BCUT2D eigenvalue weighted by Gasteiger charge is -2.25. The van der Waals surface area contributed by atoms with E-state index in [9.17, 15) is 0 Å². The van der Waals surface area contributed by atoms with Crippen molar-refractivity contribution in [1.29, 1.82) is 0 Å². The van der Waals surface area contributed by atoms with Gasteiger partial charge in [0.15, 0.2) is 0 Å². The quantitative estimate of drug-likeness (QED) is 0.732. The maximum absolute atomic E-state index is 5.35. The van der Waals surface area contributed by atoms with Crippen LogP contribution in [0.5, 0.6) is 0 Å². The van der Waals surface area contributed by atoms with Crippen LogP contribution in [0.2, 0.25) is 0 Å². The Hall–Kier alpha value is 0.660. The molecule has 1 aliphatic rings. The molecule has 0 saturated carbocycles. The summed E-state index contributed by atoms with van der Waals surface area (Å²) >= 11 is 6.54. The molecule has 0 bridgehead atoms. The minimum atomic E-state index is 0.764. The first-order chi connectivity index (χ1) is 6.74. The molecule has 0 aliphatic carbocycles. The Morgan fingerprint density at radius 1 is 1.36 bits per heavy atom. The van der Waals surface area contributed by atoms with E-state index < -0.39 is 0 Å². The van der Waals surface area contributed by atoms with Crippen molar-refractivity contribution in [2.45, 2.75) is 31.9 Å². The molecule has 1 aliphatic heterocycles. The van der Waals surface area contributed by atoms with Crippen molar-refractivity contribution in [2.24, 2.45) is 11.8 Å². The fraction of sp³-hybridized carbons (Fsp3) is 1.00. The fourth-order valence-electron chi connectivity index (χ4n) is 1.56. The Labute approximate surface area is 97.8 Å². The molecular formula is C11H22OS2. The van der Waals surface area contributed by atoms with Crippen molar-refractivity contribution in [1.82, 2.24) is 0 Å². The maximum Gasteiger partial charge on any atom is 0.0476 e. The largest absolute Gasteiger partial charge is 0.381 e. The summed E-state index contributed by atoms with van der Waals surface area (Å²) in [7, 11) is 0. The first-order valence-electron chi connectivity index (χ1n) is 5.54. The average molecular weight is 234 g/mol. The predicted molar refractivity (Wildman–Crippen MR) is 68.5 cm³/mol. The van der Waals surface area contributed by atoms with E-state index in [1.807, 2.05) is 0 Å². The molecule has 0 aromatic rings. The van der Waals surface area contributed by atoms with Gasteiger partial charge in [0, 0.05) is 18.5 Å². The monoisotopic (exact) mass is 234 g/mol. The molecule has 1 fully saturated rings. The summed E-state index contributed by atoms with van der Waals surface area (Å²) in [6, 6.07) is 0. The van der Waals surface area contributed by atoms with Crippen LogP contribution in [-0.4, -0.2) is 30.0 Å². The molecular weight excluding hydrogens is 212 g/mol. The summed E-state index contributed by atoms with van der Waals surface area (Å²) in [6.45, 7) is 6.52. The molecule has 0 aromatic heterocycles. The van der Waals surface area contributed by atoms with E-state index in [1.165, 1.54) is 18.6 Å². The number of thiol groups is 1. The molecule has 1 heterocycles. The fourth-order valence-corrected chi connectivity index (χ4v) is 3.83. The zero-order chi connectivity index (χ0) is 10.4. The number of thioether (sulfide) groups is 1. The highest BCUT2D eigenvalue weighted by atomic mass is 32.2. The van der Waals surface area contributed by atoms with Crippen LogP contribution in [0, 0.1) is 11.8 Å². The van der Waals surface area contributed by atoms with E-state index in [1.54, 1.807) is 0 Å². The van der Waals surface area contributed by atoms with Crippen LogP contribution in [0.4, 0.5) is 0 Å². The third kappa shape index (κ3) is 4.45. The molecule has 3 heteroatoms. The topological polar surface area (TPSA) is 9.23 Å². The van der Waals surface area contributed by atoms with Crippen LogP contribution in [-0.2, 0) is 4.74 Å². The molecule has 0 amide bonds. The van der Waals surface area contributed by atoms with Crippen molar-refractivity contribution < 1.29 is 4.74 Å². The molecule has 1 saturated heterocycles. The summed E-state index contributed by atoms with van der Waals surface area (Å²) in [5, 5.41) is 0.838. The van der Waals surface area contributed by atoms with Gasteiger partial charge in [-0.3, -0.25) is 0 Å². The zero-order valence-corrected chi connectivity index (χ0v) is 10.9. The van der Waals surface area contributed by atoms with Gasteiger partial charge in [-0.2, -0.15) is 24.4 Å². The maximum atomic E-state index is 5.35. The molecule has 84 valence electrons. The molecule has 1 unspecified atom stereocenters. The van der Waals surface area contributed by atoms with Crippen LogP contribution in [0.3, 0.4) is 0 Å². The van der Waals surface area contributed by atoms with Gasteiger partial charge in [-0.15, -0.1) is 0 Å². The first kappa shape index (κ1) is 12.7. The minimum absolute atomic E-state index is 0.764. The molecule has 1 atom stereocenters. The minimum Gasteiger partial charge on any atom is -0.381 e. The van der Waals surface area contributed by atoms with Crippen LogP contribution in [0.25, 0.3) is 0 Å². The van der Waals surface area contributed by atoms with E-state index in [0.717, 1.165) is 36.1 Å². The van der Waals surface area contributed by atoms with Gasteiger partial charge in [0.2, 0.25) is 0 Å². The van der Waals surface area contributed by atoms with Crippen LogP contribution in [0.1, 0.15) is 26.7 Å². The third-order valence-corrected chi connectivity index (χ3v) is 4.92. The second-order valence-corrected chi connectivity index (χ2v) is 6.03. The second kappa shape index (κ2) is 7.02. The SMILES string of the molecule is CC(C)C(CS)CSC1CCOCC1. The molecule has 1 rings (SSSR count). The standard InChI is InChI=1S/C11H22OS2/c1-9(2)10(7-13)8-14-11-3-5-12-6-4-11/h9-11,13H,3-8H2,1-2H3. The Bertz CT molecular complexity index is 144. The molecule has 0 N–H and O–H groups in total. The number of ether oxygens (including phenoxy) is 1. The highest BCUT2D eigenvalue weighted by Crippen LogP contribution is 2.26. The van der Waals surface area contributed by atoms with E-state index in [2.05, 4.69) is 38.2 Å². The van der Waals surface area contributed by atoms with E-state index >= 15 is 0 Å². The van der Waals surface area contributed by atoms with Gasteiger partial charge in [-0.05, 0) is 36.2 Å². The molecule has 0 aromatic carbocycles. The summed E-state index contributed by atoms with van der Waals surface area (Å²) < 4.78 is 5.35. The van der Waals surface area contributed by atoms with E-state index in [0.29, 0.717) is 0 Å². The number of hydrogen-bond acceptors (Lipinski definition) is 3.